The van der Waals surface area contributed by atoms with Gasteiger partial charge in [0.25, 0.3) is 0 Å². The zero-order valence-corrected chi connectivity index (χ0v) is 12.9. The number of furan rings is 1. The van der Waals surface area contributed by atoms with Gasteiger partial charge in [-0.05, 0) is 17.7 Å². The quantitative estimate of drug-likeness (QED) is 0.418. The fraction of sp³-hybridized carbons (Fsp3) is 0.0625. The number of allylic oxidation sites excluding steroid dienone is 1. The average Bonchev–Trinajstić information content (AvgIpc) is 3.20. The van der Waals surface area contributed by atoms with Crippen LogP contribution in [0.3, 0.4) is 0 Å². The molecule has 3 rings (SSSR count). The standard InChI is InChI=1S/C16H11ClFN3O3/c17-12-7-24-15(11(12)5-9-1-3-10(18)4-2-9)13(22)6-14(23)16-19-8-20-21-16/h1-4,6-8,23H,5H2,(H,19,20,21). The first-order chi connectivity index (χ1) is 11.5. The summed E-state index contributed by atoms with van der Waals surface area (Å²) in [5.74, 6) is -1.25. The van der Waals surface area contributed by atoms with Crippen molar-refractivity contribution >= 4 is 23.1 Å². The van der Waals surface area contributed by atoms with E-state index in [1.54, 1.807) is 12.1 Å². The summed E-state index contributed by atoms with van der Waals surface area (Å²) >= 11 is 6.07. The lowest BCUT2D eigenvalue weighted by atomic mass is 10.0. The van der Waals surface area contributed by atoms with Crippen molar-refractivity contribution in [1.82, 2.24) is 15.2 Å². The molecule has 0 radical (unpaired) electrons. The summed E-state index contributed by atoms with van der Waals surface area (Å²) in [6.07, 6.45) is 3.69. The summed E-state index contributed by atoms with van der Waals surface area (Å²) in [4.78, 5) is 16.1. The molecule has 1 aromatic carbocycles. The summed E-state index contributed by atoms with van der Waals surface area (Å²) < 4.78 is 18.2. The number of ketones is 1. The Hall–Kier alpha value is -2.93. The van der Waals surface area contributed by atoms with Crippen LogP contribution in [0.25, 0.3) is 5.76 Å². The molecular weight excluding hydrogens is 337 g/mol. The predicted octanol–water partition coefficient (Wildman–Crippen LogP) is 3.56. The van der Waals surface area contributed by atoms with Crippen molar-refractivity contribution < 1.29 is 18.7 Å². The molecule has 0 fully saturated rings. The average molecular weight is 348 g/mol. The summed E-state index contributed by atoms with van der Waals surface area (Å²) in [5.41, 5.74) is 1.21. The van der Waals surface area contributed by atoms with Crippen molar-refractivity contribution in [3.63, 3.8) is 0 Å². The molecule has 24 heavy (non-hydrogen) atoms. The minimum Gasteiger partial charge on any atom is -0.504 e. The van der Waals surface area contributed by atoms with E-state index in [0.29, 0.717) is 5.56 Å². The molecule has 0 bridgehead atoms. The molecule has 0 saturated carbocycles. The highest BCUT2D eigenvalue weighted by molar-refractivity contribution is 6.32. The summed E-state index contributed by atoms with van der Waals surface area (Å²) in [6, 6.07) is 5.82. The predicted molar refractivity (Wildman–Crippen MR) is 84.2 cm³/mol. The summed E-state index contributed by atoms with van der Waals surface area (Å²) in [5, 5.41) is 16.1. The minimum atomic E-state index is -0.576. The van der Waals surface area contributed by atoms with Crippen molar-refractivity contribution in [2.45, 2.75) is 6.42 Å². The first-order valence-corrected chi connectivity index (χ1v) is 7.23. The first-order valence-electron chi connectivity index (χ1n) is 6.85. The largest absolute Gasteiger partial charge is 0.504 e. The molecule has 0 aliphatic carbocycles. The Bertz CT molecular complexity index is 886. The second-order valence-electron chi connectivity index (χ2n) is 4.92. The van der Waals surface area contributed by atoms with Gasteiger partial charge >= 0.3 is 0 Å². The van der Waals surface area contributed by atoms with Crippen LogP contribution in [0.15, 0.2) is 47.3 Å². The Kier molecular flexibility index (Phi) is 4.43. The number of hydrogen-bond donors (Lipinski definition) is 2. The monoisotopic (exact) mass is 347 g/mol. The van der Waals surface area contributed by atoms with Gasteiger partial charge in [0.2, 0.25) is 5.78 Å². The number of nitrogens with zero attached hydrogens (tertiary/aromatic N) is 2. The van der Waals surface area contributed by atoms with Gasteiger partial charge in [-0.25, -0.2) is 9.37 Å². The number of carbonyl (C=O) groups is 1. The van der Waals surface area contributed by atoms with Gasteiger partial charge in [-0.1, -0.05) is 23.7 Å². The maximum Gasteiger partial charge on any atom is 0.225 e. The second-order valence-corrected chi connectivity index (χ2v) is 5.33. The number of aromatic amines is 1. The van der Waals surface area contributed by atoms with Gasteiger partial charge in [-0.15, -0.1) is 0 Å². The van der Waals surface area contributed by atoms with Gasteiger partial charge in [0, 0.05) is 18.1 Å². The van der Waals surface area contributed by atoms with Gasteiger partial charge in [0.1, 0.15) is 18.4 Å². The highest BCUT2D eigenvalue weighted by Crippen LogP contribution is 2.26. The number of benzene rings is 1. The Balaban J connectivity index is 1.88. The second kappa shape index (κ2) is 6.67. The molecule has 2 aromatic heterocycles. The van der Waals surface area contributed by atoms with Gasteiger partial charge in [-0.2, -0.15) is 5.10 Å². The van der Waals surface area contributed by atoms with E-state index < -0.39 is 5.78 Å². The smallest absolute Gasteiger partial charge is 0.225 e. The van der Waals surface area contributed by atoms with E-state index in [4.69, 9.17) is 16.0 Å². The molecule has 0 atom stereocenters. The normalized spacial score (nSPS) is 11.7. The fourth-order valence-corrected chi connectivity index (χ4v) is 2.32. The van der Waals surface area contributed by atoms with Crippen LogP contribution in [0.5, 0.6) is 0 Å². The third-order valence-corrected chi connectivity index (χ3v) is 3.60. The molecule has 2 N–H and O–H groups in total. The fourth-order valence-electron chi connectivity index (χ4n) is 2.13. The molecule has 0 aliphatic heterocycles. The van der Waals surface area contributed by atoms with E-state index in [2.05, 4.69) is 15.2 Å². The SMILES string of the molecule is O=C(C=C(O)c1ncn[nH]1)c1occ(Cl)c1Cc1ccc(F)cc1. The number of carbonyl (C=O) groups excluding carboxylic acids is 1. The maximum absolute atomic E-state index is 13.0. The molecule has 0 spiro atoms. The Morgan fingerprint density at radius 2 is 2.12 bits per heavy atom. The third kappa shape index (κ3) is 3.36. The highest BCUT2D eigenvalue weighted by atomic mass is 35.5. The zero-order valence-electron chi connectivity index (χ0n) is 12.2. The topological polar surface area (TPSA) is 92.0 Å². The van der Waals surface area contributed by atoms with Crippen molar-refractivity contribution in [2.75, 3.05) is 0 Å². The molecule has 0 unspecified atom stereocenters. The molecule has 0 aliphatic rings. The number of H-pyrrole nitrogens is 1. The Morgan fingerprint density at radius 3 is 2.79 bits per heavy atom. The van der Waals surface area contributed by atoms with Gasteiger partial charge in [0.15, 0.2) is 17.3 Å². The van der Waals surface area contributed by atoms with Crippen LogP contribution in [0, 0.1) is 5.82 Å². The first kappa shape index (κ1) is 15.9. The number of aliphatic hydroxyl groups excluding tert-OH is 1. The lowest BCUT2D eigenvalue weighted by Crippen LogP contribution is -2.01. The van der Waals surface area contributed by atoms with E-state index in [9.17, 15) is 14.3 Å². The lowest BCUT2D eigenvalue weighted by molar-refractivity contribution is 0.102. The van der Waals surface area contributed by atoms with Crippen LogP contribution in [0.1, 0.15) is 27.5 Å². The van der Waals surface area contributed by atoms with Gasteiger partial charge in [-0.3, -0.25) is 9.89 Å². The molecule has 6 nitrogen and oxygen atoms in total. The summed E-state index contributed by atoms with van der Waals surface area (Å²) in [7, 11) is 0. The minimum absolute atomic E-state index is 0.00427. The molecule has 122 valence electrons. The number of nitrogens with one attached hydrogen (secondary N) is 1. The van der Waals surface area contributed by atoms with E-state index in [1.165, 1.54) is 24.7 Å². The van der Waals surface area contributed by atoms with Crippen molar-refractivity contribution in [2.24, 2.45) is 0 Å². The zero-order chi connectivity index (χ0) is 17.1. The van der Waals surface area contributed by atoms with Gasteiger partial charge in [0.05, 0.1) is 5.02 Å². The van der Waals surface area contributed by atoms with Crippen LogP contribution < -0.4 is 0 Å². The molecule has 2 heterocycles. The van der Waals surface area contributed by atoms with Gasteiger partial charge < -0.3 is 9.52 Å². The Morgan fingerprint density at radius 1 is 1.38 bits per heavy atom. The van der Waals surface area contributed by atoms with E-state index in [-0.39, 0.29) is 34.6 Å². The Labute approximate surface area is 140 Å². The lowest BCUT2D eigenvalue weighted by Gasteiger charge is -2.02. The van der Waals surface area contributed by atoms with Crippen molar-refractivity contribution in [3.05, 3.63) is 76.5 Å². The molecule has 3 aromatic rings. The highest BCUT2D eigenvalue weighted by Gasteiger charge is 2.19. The van der Waals surface area contributed by atoms with Crippen molar-refractivity contribution in [1.29, 1.82) is 0 Å². The number of aromatic nitrogens is 3. The maximum atomic E-state index is 13.0. The number of hydrogen-bond acceptors (Lipinski definition) is 5. The number of halogens is 2. The van der Waals surface area contributed by atoms with E-state index in [0.717, 1.165) is 11.6 Å². The van der Waals surface area contributed by atoms with E-state index in [1.807, 2.05) is 0 Å². The van der Waals surface area contributed by atoms with Crippen LogP contribution in [-0.2, 0) is 6.42 Å². The number of rotatable bonds is 5. The van der Waals surface area contributed by atoms with Crippen LogP contribution in [-0.4, -0.2) is 26.1 Å². The molecule has 0 amide bonds. The molecule has 0 saturated heterocycles. The van der Waals surface area contributed by atoms with Crippen LogP contribution >= 0.6 is 11.6 Å². The third-order valence-electron chi connectivity index (χ3n) is 3.29. The van der Waals surface area contributed by atoms with Crippen LogP contribution in [0.4, 0.5) is 4.39 Å². The van der Waals surface area contributed by atoms with Crippen LogP contribution in [0.2, 0.25) is 5.02 Å². The number of aliphatic hydroxyl groups is 1. The summed E-state index contributed by atoms with van der Waals surface area (Å²) in [6.45, 7) is 0. The molecule has 8 heteroatoms. The molecular formula is C16H11ClFN3O3. The van der Waals surface area contributed by atoms with Crippen molar-refractivity contribution in [3.8, 4) is 0 Å². The van der Waals surface area contributed by atoms with E-state index >= 15 is 0 Å².